The molecule has 3 heterocycles. The molecule has 4 aromatic rings. The molecule has 0 radical (unpaired) electrons. The van der Waals surface area contributed by atoms with Gasteiger partial charge in [0.05, 0.1) is 32.8 Å². The fraction of sp³-hybridized carbons (Fsp3) is 0.0952. The van der Waals surface area contributed by atoms with Crippen LogP contribution in [0, 0.1) is 10.1 Å². The van der Waals surface area contributed by atoms with E-state index in [1.807, 2.05) is 0 Å². The van der Waals surface area contributed by atoms with Crippen molar-refractivity contribution in [2.45, 2.75) is 12.4 Å². The summed E-state index contributed by atoms with van der Waals surface area (Å²) < 4.78 is 79.0. The Hall–Kier alpha value is -4.20. The van der Waals surface area contributed by atoms with Crippen LogP contribution in [0.3, 0.4) is 0 Å². The molecule has 0 aliphatic carbocycles. The molecule has 15 heteroatoms. The quantitative estimate of drug-likeness (QED) is 0.0989. The molecule has 0 bridgehead atoms. The maximum atomic E-state index is 13.4. The fourth-order valence-electron chi connectivity index (χ4n) is 3.32. The molecule has 0 saturated carbocycles. The smallest absolute Gasteiger partial charge is 0.418 e. The molecule has 1 aromatic carbocycles. The van der Waals surface area contributed by atoms with Gasteiger partial charge in [-0.25, -0.2) is 9.97 Å². The summed E-state index contributed by atoms with van der Waals surface area (Å²) in [5.41, 5.74) is -4.92. The van der Waals surface area contributed by atoms with E-state index < -0.39 is 56.4 Å². The van der Waals surface area contributed by atoms with Gasteiger partial charge >= 0.3 is 18.0 Å². The predicted molar refractivity (Wildman–Crippen MR) is 116 cm³/mol. The van der Waals surface area contributed by atoms with Crippen LogP contribution in [0.1, 0.15) is 11.1 Å². The van der Waals surface area contributed by atoms with Crippen LogP contribution in [0.15, 0.2) is 48.7 Å². The fourth-order valence-corrected chi connectivity index (χ4v) is 3.56. The van der Waals surface area contributed by atoms with Crippen molar-refractivity contribution < 1.29 is 36.4 Å². The second-order valence-corrected chi connectivity index (χ2v) is 7.56. The first-order chi connectivity index (χ1) is 16.8. The lowest BCUT2D eigenvalue weighted by molar-refractivity contribution is -0.383. The number of aromatic nitrogens is 3. The number of alkyl halides is 6. The number of nitrogens with zero attached hydrogens (tertiary/aromatic N) is 4. The minimum absolute atomic E-state index is 0.112. The largest absolute Gasteiger partial charge is 0.506 e. The van der Waals surface area contributed by atoms with E-state index in [4.69, 9.17) is 11.6 Å². The number of phenols is 1. The average Bonchev–Trinajstić information content (AvgIpc) is 2.78. The number of anilines is 2. The highest BCUT2D eigenvalue weighted by molar-refractivity contribution is 6.33. The summed E-state index contributed by atoms with van der Waals surface area (Å²) in [5, 5.41) is 23.4. The van der Waals surface area contributed by atoms with E-state index in [-0.39, 0.29) is 22.4 Å². The van der Waals surface area contributed by atoms with Crippen LogP contribution in [0.5, 0.6) is 5.75 Å². The molecule has 0 aliphatic rings. The number of nitro groups is 1. The minimum Gasteiger partial charge on any atom is -0.506 e. The van der Waals surface area contributed by atoms with Crippen LogP contribution in [0.4, 0.5) is 43.4 Å². The summed E-state index contributed by atoms with van der Waals surface area (Å²) >= 11 is 5.96. The van der Waals surface area contributed by atoms with Gasteiger partial charge in [-0.15, -0.1) is 0 Å². The molecule has 3 aromatic heterocycles. The lowest BCUT2D eigenvalue weighted by Gasteiger charge is -2.15. The molecular weight excluding hydrogens is 520 g/mol. The molecule has 0 amide bonds. The van der Waals surface area contributed by atoms with E-state index in [0.29, 0.717) is 12.1 Å². The van der Waals surface area contributed by atoms with Gasteiger partial charge in [0.25, 0.3) is 0 Å². The first-order valence-corrected chi connectivity index (χ1v) is 9.99. The SMILES string of the molecule is O=[N+]([O-])c1c(Cl)nc2nc(-c3ncccc3C(F)(F)F)ccc2c1Nc1ccc(C(F)(F)F)cc1O. The van der Waals surface area contributed by atoms with Gasteiger partial charge in [0.1, 0.15) is 17.1 Å². The highest BCUT2D eigenvalue weighted by Crippen LogP contribution is 2.42. The van der Waals surface area contributed by atoms with Crippen molar-refractivity contribution in [2.75, 3.05) is 5.32 Å². The van der Waals surface area contributed by atoms with E-state index in [2.05, 4.69) is 20.3 Å². The second kappa shape index (κ2) is 8.78. The third-order valence-corrected chi connectivity index (χ3v) is 5.17. The van der Waals surface area contributed by atoms with Crippen LogP contribution < -0.4 is 5.32 Å². The third-order valence-electron chi connectivity index (χ3n) is 4.90. The molecule has 0 saturated heterocycles. The zero-order valence-electron chi connectivity index (χ0n) is 17.3. The first-order valence-electron chi connectivity index (χ1n) is 9.62. The highest BCUT2D eigenvalue weighted by atomic mass is 35.5. The Morgan fingerprint density at radius 1 is 1.00 bits per heavy atom. The Balaban J connectivity index is 1.89. The number of pyridine rings is 3. The minimum atomic E-state index is -4.76. The Labute approximate surface area is 201 Å². The van der Waals surface area contributed by atoms with Gasteiger partial charge in [-0.1, -0.05) is 11.6 Å². The molecule has 36 heavy (non-hydrogen) atoms. The van der Waals surface area contributed by atoms with E-state index in [0.717, 1.165) is 36.5 Å². The Morgan fingerprint density at radius 3 is 2.33 bits per heavy atom. The normalized spacial score (nSPS) is 12.1. The number of hydrogen-bond donors (Lipinski definition) is 2. The van der Waals surface area contributed by atoms with E-state index in [9.17, 15) is 41.6 Å². The van der Waals surface area contributed by atoms with Gasteiger partial charge in [-0.2, -0.15) is 26.3 Å². The van der Waals surface area contributed by atoms with Crippen LogP contribution in [-0.2, 0) is 12.4 Å². The van der Waals surface area contributed by atoms with Crippen molar-refractivity contribution >= 4 is 39.7 Å². The van der Waals surface area contributed by atoms with Crippen molar-refractivity contribution in [2.24, 2.45) is 0 Å². The number of halogens is 7. The monoisotopic (exact) mass is 529 g/mol. The van der Waals surface area contributed by atoms with Gasteiger partial charge in [0.15, 0.2) is 5.65 Å². The summed E-state index contributed by atoms with van der Waals surface area (Å²) in [7, 11) is 0. The molecule has 0 unspecified atom stereocenters. The van der Waals surface area contributed by atoms with E-state index in [1.165, 1.54) is 0 Å². The van der Waals surface area contributed by atoms with Crippen LogP contribution in [0.2, 0.25) is 5.15 Å². The summed E-state index contributed by atoms with van der Waals surface area (Å²) in [6.07, 6.45) is -8.39. The zero-order valence-corrected chi connectivity index (χ0v) is 18.1. The number of phenolic OH excluding ortho intramolecular Hbond substituents is 1. The molecule has 0 aliphatic heterocycles. The number of aromatic hydroxyl groups is 1. The number of rotatable bonds is 4. The van der Waals surface area contributed by atoms with Crippen molar-refractivity contribution in [1.82, 2.24) is 15.0 Å². The molecule has 0 spiro atoms. The predicted octanol–water partition coefficient (Wildman–Crippen LogP) is 6.74. The standard InChI is InChI=1S/C21H10ClF6N5O3/c22-18-17(33(35)36)15(30-12-5-3-9(8-14(12)34)20(23,24)25)10-4-6-13(31-19(10)32-18)16-11(21(26,27)28)2-1-7-29-16/h1-8,34H,(H,30,31,32). The Morgan fingerprint density at radius 2 is 1.72 bits per heavy atom. The van der Waals surface area contributed by atoms with Crippen molar-refractivity contribution in [1.29, 1.82) is 0 Å². The van der Waals surface area contributed by atoms with E-state index >= 15 is 0 Å². The molecule has 0 fully saturated rings. The number of benzene rings is 1. The highest BCUT2D eigenvalue weighted by Gasteiger charge is 2.35. The third kappa shape index (κ3) is 4.66. The topological polar surface area (TPSA) is 114 Å². The molecule has 2 N–H and O–H groups in total. The maximum absolute atomic E-state index is 13.4. The Bertz CT molecular complexity index is 1510. The van der Waals surface area contributed by atoms with Gasteiger partial charge in [-0.05, 0) is 42.5 Å². The maximum Gasteiger partial charge on any atom is 0.418 e. The number of nitrogens with one attached hydrogen (secondary N) is 1. The number of fused-ring (bicyclic) bond motifs is 1. The lowest BCUT2D eigenvalue weighted by Crippen LogP contribution is -2.09. The van der Waals surface area contributed by atoms with Gasteiger partial charge in [0.2, 0.25) is 5.15 Å². The van der Waals surface area contributed by atoms with Crippen molar-refractivity contribution in [3.8, 4) is 17.1 Å². The molecule has 0 atom stereocenters. The molecule has 8 nitrogen and oxygen atoms in total. The summed E-state index contributed by atoms with van der Waals surface area (Å²) in [6.45, 7) is 0. The summed E-state index contributed by atoms with van der Waals surface area (Å²) in [6, 6.07) is 6.04. The summed E-state index contributed by atoms with van der Waals surface area (Å²) in [4.78, 5) is 22.3. The van der Waals surface area contributed by atoms with Crippen LogP contribution in [-0.4, -0.2) is 25.0 Å². The summed E-state index contributed by atoms with van der Waals surface area (Å²) in [5.74, 6) is -0.881. The molecular formula is C21H10ClF6N5O3. The van der Waals surface area contributed by atoms with Gasteiger partial charge in [-0.3, -0.25) is 15.1 Å². The van der Waals surface area contributed by atoms with Crippen molar-refractivity contribution in [3.05, 3.63) is 75.1 Å². The Kier molecular flexibility index (Phi) is 6.08. The van der Waals surface area contributed by atoms with Gasteiger partial charge < -0.3 is 10.4 Å². The van der Waals surface area contributed by atoms with Crippen LogP contribution >= 0.6 is 11.6 Å². The lowest BCUT2D eigenvalue weighted by atomic mass is 10.1. The molecule has 186 valence electrons. The van der Waals surface area contributed by atoms with E-state index in [1.54, 1.807) is 0 Å². The van der Waals surface area contributed by atoms with Crippen molar-refractivity contribution in [3.63, 3.8) is 0 Å². The van der Waals surface area contributed by atoms with Gasteiger partial charge in [0, 0.05) is 6.20 Å². The average molecular weight is 530 g/mol. The molecule has 4 rings (SSSR count). The number of hydrogen-bond acceptors (Lipinski definition) is 7. The first kappa shape index (κ1) is 24.9. The second-order valence-electron chi connectivity index (χ2n) is 7.20. The van der Waals surface area contributed by atoms with Crippen LogP contribution in [0.25, 0.3) is 22.4 Å². The zero-order chi connectivity index (χ0) is 26.4.